The monoisotopic (exact) mass is 351 g/mol. The summed E-state index contributed by atoms with van der Waals surface area (Å²) < 4.78 is 20.8. The van der Waals surface area contributed by atoms with Gasteiger partial charge in [-0.3, -0.25) is 4.79 Å². The van der Waals surface area contributed by atoms with Gasteiger partial charge in [0.15, 0.2) is 18.1 Å². The van der Waals surface area contributed by atoms with E-state index in [0.29, 0.717) is 36.3 Å². The summed E-state index contributed by atoms with van der Waals surface area (Å²) in [5.41, 5.74) is 0.231. The predicted molar refractivity (Wildman–Crippen MR) is 91.4 cm³/mol. The second kappa shape index (κ2) is 8.60. The van der Waals surface area contributed by atoms with Crippen LogP contribution in [0, 0.1) is 5.92 Å². The second-order valence-corrected chi connectivity index (χ2v) is 6.05. The Hall–Kier alpha value is -2.44. The third kappa shape index (κ3) is 4.55. The first-order valence-corrected chi connectivity index (χ1v) is 8.25. The minimum Gasteiger partial charge on any atom is -0.493 e. The number of benzene rings is 1. The van der Waals surface area contributed by atoms with Gasteiger partial charge in [0.1, 0.15) is 0 Å². The van der Waals surface area contributed by atoms with Crippen molar-refractivity contribution in [2.75, 3.05) is 41.0 Å². The summed E-state index contributed by atoms with van der Waals surface area (Å²) in [5, 5.41) is 0. The maximum atomic E-state index is 12.3. The number of nitrogens with zero attached hydrogens (tertiary/aromatic N) is 1. The van der Waals surface area contributed by atoms with Crippen molar-refractivity contribution in [3.63, 3.8) is 0 Å². The normalized spacial score (nSPS) is 14.8. The number of hydrogen-bond acceptors (Lipinski definition) is 6. The van der Waals surface area contributed by atoms with Crippen LogP contribution in [0.15, 0.2) is 12.1 Å². The molecular weight excluding hydrogens is 326 g/mol. The van der Waals surface area contributed by atoms with E-state index in [-0.39, 0.29) is 18.1 Å². The third-order valence-corrected chi connectivity index (χ3v) is 4.36. The molecule has 1 aliphatic heterocycles. The maximum absolute atomic E-state index is 12.3. The molecule has 0 unspecified atom stereocenters. The Morgan fingerprint density at radius 3 is 2.08 bits per heavy atom. The smallest absolute Gasteiger partial charge is 0.338 e. The van der Waals surface area contributed by atoms with Gasteiger partial charge in [-0.15, -0.1) is 0 Å². The van der Waals surface area contributed by atoms with Gasteiger partial charge < -0.3 is 23.8 Å². The van der Waals surface area contributed by atoms with E-state index in [1.165, 1.54) is 33.5 Å². The Morgan fingerprint density at radius 1 is 1.04 bits per heavy atom. The molecule has 138 valence electrons. The quantitative estimate of drug-likeness (QED) is 0.731. The van der Waals surface area contributed by atoms with Gasteiger partial charge in [-0.05, 0) is 30.9 Å². The number of ether oxygens (including phenoxy) is 4. The van der Waals surface area contributed by atoms with Crippen LogP contribution in [-0.4, -0.2) is 57.8 Å². The van der Waals surface area contributed by atoms with Gasteiger partial charge in [0, 0.05) is 13.1 Å². The number of methoxy groups -OCH3 is 3. The molecule has 7 heteroatoms. The lowest BCUT2D eigenvalue weighted by atomic mass is 9.99. The van der Waals surface area contributed by atoms with Gasteiger partial charge in [-0.25, -0.2) is 4.79 Å². The molecule has 0 radical (unpaired) electrons. The molecule has 25 heavy (non-hydrogen) atoms. The summed E-state index contributed by atoms with van der Waals surface area (Å²) in [6.45, 7) is 3.32. The minimum absolute atomic E-state index is 0.173. The van der Waals surface area contributed by atoms with Crippen LogP contribution in [0.25, 0.3) is 0 Å². The highest BCUT2D eigenvalue weighted by Gasteiger charge is 2.22. The fraction of sp³-hybridized carbons (Fsp3) is 0.556. The lowest BCUT2D eigenvalue weighted by Gasteiger charge is -2.30. The Labute approximate surface area is 147 Å². The Kier molecular flexibility index (Phi) is 6.50. The second-order valence-electron chi connectivity index (χ2n) is 6.05. The molecule has 0 bridgehead atoms. The van der Waals surface area contributed by atoms with Gasteiger partial charge in [0.05, 0.1) is 26.9 Å². The van der Waals surface area contributed by atoms with Crippen LogP contribution >= 0.6 is 0 Å². The van der Waals surface area contributed by atoms with E-state index in [1.54, 1.807) is 4.90 Å². The summed E-state index contributed by atoms with van der Waals surface area (Å²) in [7, 11) is 4.41. The molecule has 0 saturated carbocycles. The molecule has 1 fully saturated rings. The van der Waals surface area contributed by atoms with Crippen molar-refractivity contribution >= 4 is 11.9 Å². The number of amides is 1. The molecule has 1 amide bonds. The molecule has 1 aromatic rings. The van der Waals surface area contributed by atoms with Crippen LogP contribution in [0.2, 0.25) is 0 Å². The first-order valence-electron chi connectivity index (χ1n) is 8.25. The molecule has 0 atom stereocenters. The van der Waals surface area contributed by atoms with Gasteiger partial charge in [-0.2, -0.15) is 0 Å². The zero-order chi connectivity index (χ0) is 18.4. The predicted octanol–water partition coefficient (Wildman–Crippen LogP) is 2.13. The molecule has 1 aromatic carbocycles. The van der Waals surface area contributed by atoms with Crippen LogP contribution in [0.3, 0.4) is 0 Å². The summed E-state index contributed by atoms with van der Waals surface area (Å²) >= 11 is 0. The molecule has 7 nitrogen and oxygen atoms in total. The first kappa shape index (κ1) is 18.9. The van der Waals surface area contributed by atoms with Crippen molar-refractivity contribution in [2.24, 2.45) is 5.92 Å². The van der Waals surface area contributed by atoms with Crippen LogP contribution in [0.1, 0.15) is 30.1 Å². The van der Waals surface area contributed by atoms with Crippen LogP contribution < -0.4 is 14.2 Å². The first-order chi connectivity index (χ1) is 12.0. The van der Waals surface area contributed by atoms with Crippen molar-refractivity contribution in [1.29, 1.82) is 0 Å². The van der Waals surface area contributed by atoms with E-state index in [9.17, 15) is 9.59 Å². The van der Waals surface area contributed by atoms with Crippen molar-refractivity contribution in [3.8, 4) is 17.2 Å². The Bertz CT molecular complexity index is 597. The van der Waals surface area contributed by atoms with Gasteiger partial charge in [0.25, 0.3) is 5.91 Å². The average molecular weight is 351 g/mol. The number of carbonyl (C=O) groups excluding carboxylic acids is 2. The minimum atomic E-state index is -0.613. The number of rotatable bonds is 6. The lowest BCUT2D eigenvalue weighted by Crippen LogP contribution is -2.40. The van der Waals surface area contributed by atoms with Crippen molar-refractivity contribution < 1.29 is 28.5 Å². The molecule has 0 N–H and O–H groups in total. The average Bonchev–Trinajstić information content (AvgIpc) is 2.64. The van der Waals surface area contributed by atoms with E-state index >= 15 is 0 Å². The van der Waals surface area contributed by atoms with Crippen LogP contribution in [0.5, 0.6) is 17.2 Å². The summed E-state index contributed by atoms with van der Waals surface area (Å²) in [6.07, 6.45) is 1.96. The molecule has 2 rings (SSSR count). The lowest BCUT2D eigenvalue weighted by molar-refractivity contribution is -0.135. The largest absolute Gasteiger partial charge is 0.493 e. The van der Waals surface area contributed by atoms with E-state index in [4.69, 9.17) is 18.9 Å². The number of carbonyl (C=O) groups is 2. The van der Waals surface area contributed by atoms with Gasteiger partial charge in [-0.1, -0.05) is 6.92 Å². The number of hydrogen-bond donors (Lipinski definition) is 0. The molecule has 1 heterocycles. The third-order valence-electron chi connectivity index (χ3n) is 4.36. The van der Waals surface area contributed by atoms with Crippen molar-refractivity contribution in [3.05, 3.63) is 17.7 Å². The Morgan fingerprint density at radius 2 is 1.60 bits per heavy atom. The van der Waals surface area contributed by atoms with Crippen molar-refractivity contribution in [1.82, 2.24) is 4.90 Å². The van der Waals surface area contributed by atoms with E-state index in [1.807, 2.05) is 0 Å². The number of esters is 1. The highest BCUT2D eigenvalue weighted by Crippen LogP contribution is 2.38. The number of likely N-dealkylation sites (tertiary alicyclic amines) is 1. The standard InChI is InChI=1S/C18H25NO6/c1-12-5-7-19(8-6-12)16(20)11-25-18(21)13-9-14(22-2)17(24-4)15(10-13)23-3/h9-10,12H,5-8,11H2,1-4H3. The summed E-state index contributed by atoms with van der Waals surface area (Å²) in [4.78, 5) is 26.2. The highest BCUT2D eigenvalue weighted by molar-refractivity contribution is 5.92. The Balaban J connectivity index is 2.02. The SMILES string of the molecule is COc1cc(C(=O)OCC(=O)N2CCC(C)CC2)cc(OC)c1OC. The van der Waals surface area contributed by atoms with Gasteiger partial charge in [0.2, 0.25) is 5.75 Å². The highest BCUT2D eigenvalue weighted by atomic mass is 16.5. The zero-order valence-corrected chi connectivity index (χ0v) is 15.2. The number of piperidine rings is 1. The topological polar surface area (TPSA) is 74.3 Å². The fourth-order valence-corrected chi connectivity index (χ4v) is 2.76. The zero-order valence-electron chi connectivity index (χ0n) is 15.2. The maximum Gasteiger partial charge on any atom is 0.338 e. The molecule has 1 saturated heterocycles. The molecule has 1 aliphatic rings. The summed E-state index contributed by atoms with van der Waals surface area (Å²) in [5.74, 6) is 0.937. The molecular formula is C18H25NO6. The van der Waals surface area contributed by atoms with E-state index in [2.05, 4.69) is 6.92 Å². The molecule has 0 spiro atoms. The van der Waals surface area contributed by atoms with Crippen LogP contribution in [0.4, 0.5) is 0 Å². The molecule has 0 aromatic heterocycles. The van der Waals surface area contributed by atoms with E-state index < -0.39 is 5.97 Å². The fourth-order valence-electron chi connectivity index (χ4n) is 2.76. The van der Waals surface area contributed by atoms with Crippen LogP contribution in [-0.2, 0) is 9.53 Å². The van der Waals surface area contributed by atoms with Crippen molar-refractivity contribution in [2.45, 2.75) is 19.8 Å². The van der Waals surface area contributed by atoms with Gasteiger partial charge >= 0.3 is 5.97 Å². The summed E-state index contributed by atoms with van der Waals surface area (Å²) in [6, 6.07) is 2.99. The van der Waals surface area contributed by atoms with E-state index in [0.717, 1.165) is 12.8 Å². The molecule has 0 aliphatic carbocycles.